The van der Waals surface area contributed by atoms with Gasteiger partial charge in [0.2, 0.25) is 0 Å². The van der Waals surface area contributed by atoms with Crippen molar-refractivity contribution in [3.63, 3.8) is 0 Å². The van der Waals surface area contributed by atoms with Gasteiger partial charge in [0.25, 0.3) is 5.91 Å². The molecular formula is C20H30Cl2N4OS. The molecule has 8 heteroatoms. The number of carbonyl (C=O) groups is 1. The monoisotopic (exact) mass is 444 g/mol. The third-order valence-corrected chi connectivity index (χ3v) is 5.80. The molecule has 1 aliphatic heterocycles. The lowest BCUT2D eigenvalue weighted by Gasteiger charge is -2.33. The summed E-state index contributed by atoms with van der Waals surface area (Å²) in [5.41, 5.74) is 7.49. The highest BCUT2D eigenvalue weighted by atomic mass is 35.5. The van der Waals surface area contributed by atoms with Crippen LogP contribution in [0.5, 0.6) is 0 Å². The van der Waals surface area contributed by atoms with Crippen LogP contribution < -0.4 is 5.73 Å². The van der Waals surface area contributed by atoms with Crippen molar-refractivity contribution in [2.75, 3.05) is 33.2 Å². The minimum atomic E-state index is 0. The number of nitrogens with zero attached hydrogens (tertiary/aromatic N) is 3. The summed E-state index contributed by atoms with van der Waals surface area (Å²) in [6, 6.07) is 10.6. The number of piperidine rings is 1. The van der Waals surface area contributed by atoms with E-state index in [1.54, 1.807) is 0 Å². The quantitative estimate of drug-likeness (QED) is 0.709. The molecule has 0 saturated carbocycles. The van der Waals surface area contributed by atoms with Gasteiger partial charge in [-0.2, -0.15) is 0 Å². The Bertz CT molecular complexity index is 705. The van der Waals surface area contributed by atoms with Gasteiger partial charge in [0.15, 0.2) is 0 Å². The number of benzene rings is 1. The van der Waals surface area contributed by atoms with E-state index in [0.29, 0.717) is 18.2 Å². The number of likely N-dealkylation sites (tertiary alicyclic amines) is 1. The standard InChI is InChI=1S/C20H28N4OS.2ClH/c1-23(13-16-5-3-2-4-6-16)14-17-8-11-24(12-9-17)20(25)18-15-26-19(22-18)7-10-21;;/h2-6,15,17H,7-14,21H2,1H3;2*1H. The average molecular weight is 445 g/mol. The third kappa shape index (κ3) is 7.01. The van der Waals surface area contributed by atoms with Gasteiger partial charge in [-0.15, -0.1) is 36.2 Å². The van der Waals surface area contributed by atoms with Crippen molar-refractivity contribution < 1.29 is 4.79 Å². The fraction of sp³-hybridized carbons (Fsp3) is 0.500. The molecule has 156 valence electrons. The number of halogens is 2. The highest BCUT2D eigenvalue weighted by molar-refractivity contribution is 7.09. The number of hydrogen-bond donors (Lipinski definition) is 1. The molecule has 1 fully saturated rings. The highest BCUT2D eigenvalue weighted by Gasteiger charge is 2.25. The van der Waals surface area contributed by atoms with Gasteiger partial charge in [-0.25, -0.2) is 4.98 Å². The summed E-state index contributed by atoms with van der Waals surface area (Å²) in [6.07, 6.45) is 2.86. The van der Waals surface area contributed by atoms with Crippen LogP contribution in [0.4, 0.5) is 0 Å². The predicted octanol–water partition coefficient (Wildman–Crippen LogP) is 3.47. The molecule has 0 spiro atoms. The Morgan fingerprint density at radius 2 is 1.93 bits per heavy atom. The summed E-state index contributed by atoms with van der Waals surface area (Å²) in [5, 5.41) is 2.82. The van der Waals surface area contributed by atoms with Crippen LogP contribution in [0.1, 0.15) is 33.9 Å². The number of aromatic nitrogens is 1. The van der Waals surface area contributed by atoms with E-state index in [9.17, 15) is 4.79 Å². The van der Waals surface area contributed by atoms with Gasteiger partial charge < -0.3 is 15.5 Å². The molecule has 28 heavy (non-hydrogen) atoms. The first-order chi connectivity index (χ1) is 12.7. The van der Waals surface area contributed by atoms with Crippen LogP contribution >= 0.6 is 36.2 Å². The van der Waals surface area contributed by atoms with Gasteiger partial charge in [0, 0.05) is 38.0 Å². The van der Waals surface area contributed by atoms with Gasteiger partial charge in [0.1, 0.15) is 5.69 Å². The van der Waals surface area contributed by atoms with E-state index in [1.165, 1.54) is 16.9 Å². The zero-order valence-corrected chi connectivity index (χ0v) is 18.7. The predicted molar refractivity (Wildman–Crippen MR) is 121 cm³/mol. The normalized spacial score (nSPS) is 14.5. The first kappa shape index (κ1) is 24.9. The van der Waals surface area contributed by atoms with Crippen LogP contribution in [0.15, 0.2) is 35.7 Å². The molecule has 2 N–H and O–H groups in total. The molecule has 2 aromatic rings. The van der Waals surface area contributed by atoms with E-state index < -0.39 is 0 Å². The Morgan fingerprint density at radius 3 is 2.57 bits per heavy atom. The summed E-state index contributed by atoms with van der Waals surface area (Å²) in [4.78, 5) is 21.4. The van der Waals surface area contributed by atoms with Crippen molar-refractivity contribution in [3.05, 3.63) is 52.0 Å². The maximum absolute atomic E-state index is 12.6. The second kappa shape index (κ2) is 12.4. The fourth-order valence-electron chi connectivity index (χ4n) is 3.53. The van der Waals surface area contributed by atoms with Crippen LogP contribution in [0.25, 0.3) is 0 Å². The summed E-state index contributed by atoms with van der Waals surface area (Å²) in [7, 11) is 2.18. The van der Waals surface area contributed by atoms with Crippen molar-refractivity contribution >= 4 is 42.1 Å². The van der Waals surface area contributed by atoms with E-state index in [2.05, 4.69) is 47.3 Å². The van der Waals surface area contributed by atoms with Crippen molar-refractivity contribution in [3.8, 4) is 0 Å². The van der Waals surface area contributed by atoms with Crippen LogP contribution in [0.3, 0.4) is 0 Å². The highest BCUT2D eigenvalue weighted by Crippen LogP contribution is 2.21. The van der Waals surface area contributed by atoms with E-state index in [4.69, 9.17) is 5.73 Å². The molecular weight excluding hydrogens is 415 g/mol. The number of rotatable bonds is 7. The molecule has 0 atom stereocenters. The zero-order chi connectivity index (χ0) is 18.4. The van der Waals surface area contributed by atoms with Crippen LogP contribution in [0, 0.1) is 5.92 Å². The lowest BCUT2D eigenvalue weighted by Crippen LogP contribution is -2.41. The molecule has 0 radical (unpaired) electrons. The van der Waals surface area contributed by atoms with E-state index >= 15 is 0 Å². The third-order valence-electron chi connectivity index (χ3n) is 4.90. The van der Waals surface area contributed by atoms with Crippen LogP contribution in [-0.4, -0.2) is 53.9 Å². The molecule has 0 aliphatic carbocycles. The van der Waals surface area contributed by atoms with Gasteiger partial charge in [-0.3, -0.25) is 4.79 Å². The lowest BCUT2D eigenvalue weighted by molar-refractivity contribution is 0.0667. The Morgan fingerprint density at radius 1 is 1.25 bits per heavy atom. The topological polar surface area (TPSA) is 62.5 Å². The van der Waals surface area contributed by atoms with Crippen molar-refractivity contribution in [2.45, 2.75) is 25.8 Å². The summed E-state index contributed by atoms with van der Waals surface area (Å²) >= 11 is 1.53. The fourth-order valence-corrected chi connectivity index (χ4v) is 4.32. The largest absolute Gasteiger partial charge is 0.337 e. The van der Waals surface area contributed by atoms with Crippen molar-refractivity contribution in [1.82, 2.24) is 14.8 Å². The molecule has 1 saturated heterocycles. The van der Waals surface area contributed by atoms with Crippen LogP contribution in [0.2, 0.25) is 0 Å². The molecule has 1 aromatic heterocycles. The first-order valence-corrected chi connectivity index (χ1v) is 10.2. The SMILES string of the molecule is CN(Cc1ccccc1)CC1CCN(C(=O)c2csc(CCN)n2)CC1.Cl.Cl. The number of hydrogen-bond acceptors (Lipinski definition) is 5. The minimum Gasteiger partial charge on any atom is -0.337 e. The summed E-state index contributed by atoms with van der Waals surface area (Å²) in [6.45, 7) is 4.28. The molecule has 0 bridgehead atoms. The Balaban J connectivity index is 0.00000196. The number of carbonyl (C=O) groups excluding carboxylic acids is 1. The number of nitrogens with two attached hydrogens (primary N) is 1. The Labute approximate surface area is 184 Å². The molecule has 1 amide bonds. The number of amides is 1. The van der Waals surface area contributed by atoms with Crippen molar-refractivity contribution in [2.24, 2.45) is 11.7 Å². The van der Waals surface area contributed by atoms with Crippen molar-refractivity contribution in [1.29, 1.82) is 0 Å². The second-order valence-electron chi connectivity index (χ2n) is 7.08. The van der Waals surface area contributed by atoms with Crippen LogP contribution in [-0.2, 0) is 13.0 Å². The molecule has 1 aromatic carbocycles. The summed E-state index contributed by atoms with van der Waals surface area (Å²) in [5.74, 6) is 0.719. The molecule has 5 nitrogen and oxygen atoms in total. The molecule has 3 rings (SSSR count). The zero-order valence-electron chi connectivity index (χ0n) is 16.3. The minimum absolute atomic E-state index is 0. The molecule has 0 unspecified atom stereocenters. The Hall–Kier alpha value is -1.18. The smallest absolute Gasteiger partial charge is 0.273 e. The van der Waals surface area contributed by atoms with E-state index in [0.717, 1.165) is 50.4 Å². The number of thiazole rings is 1. The first-order valence-electron chi connectivity index (χ1n) is 9.32. The average Bonchev–Trinajstić information content (AvgIpc) is 3.11. The molecule has 1 aliphatic rings. The lowest BCUT2D eigenvalue weighted by atomic mass is 9.96. The van der Waals surface area contributed by atoms with E-state index in [-0.39, 0.29) is 30.7 Å². The molecule has 2 heterocycles. The maximum Gasteiger partial charge on any atom is 0.273 e. The van der Waals surface area contributed by atoms with Gasteiger partial charge in [-0.1, -0.05) is 30.3 Å². The maximum atomic E-state index is 12.6. The van der Waals surface area contributed by atoms with Gasteiger partial charge >= 0.3 is 0 Å². The van der Waals surface area contributed by atoms with Gasteiger partial charge in [0.05, 0.1) is 5.01 Å². The van der Waals surface area contributed by atoms with E-state index in [1.807, 2.05) is 10.3 Å². The van der Waals surface area contributed by atoms with Gasteiger partial charge in [-0.05, 0) is 37.9 Å². The Kier molecular flexibility index (Phi) is 11.0. The summed E-state index contributed by atoms with van der Waals surface area (Å²) < 4.78 is 0. The second-order valence-corrected chi connectivity index (χ2v) is 8.03.